The zero-order valence-electron chi connectivity index (χ0n) is 5.17. The maximum Gasteiger partial charge on any atom is 0.133 e. The maximum absolute atomic E-state index is 9.12. The largest absolute Gasteiger partial charge is 0.509 e. The van der Waals surface area contributed by atoms with Gasteiger partial charge in [0.2, 0.25) is 0 Å². The number of fused-ring (bicyclic) bond motifs is 2. The number of aliphatic hydroxyl groups is 2. The molecule has 0 aromatic heterocycles. The molecule has 0 aromatic carbocycles. The lowest BCUT2D eigenvalue weighted by Crippen LogP contribution is -2.01. The number of allylic oxidation sites excluding steroid dienone is 2. The Kier molecular flexibility index (Phi) is 0.821. The first kappa shape index (κ1) is 5.15. The van der Waals surface area contributed by atoms with Crippen molar-refractivity contribution in [2.24, 2.45) is 11.8 Å². The average Bonchev–Trinajstić information content (AvgIpc) is 2.37. The van der Waals surface area contributed by atoms with Crippen LogP contribution in [0.25, 0.3) is 0 Å². The van der Waals surface area contributed by atoms with Gasteiger partial charge in [-0.25, -0.2) is 0 Å². The van der Waals surface area contributed by atoms with E-state index < -0.39 is 0 Å². The van der Waals surface area contributed by atoms with E-state index in [0.29, 0.717) is 11.8 Å². The van der Waals surface area contributed by atoms with Gasteiger partial charge >= 0.3 is 0 Å². The molecule has 0 heterocycles. The minimum atomic E-state index is 0.270. The van der Waals surface area contributed by atoms with Crippen molar-refractivity contribution in [1.29, 1.82) is 0 Å². The summed E-state index contributed by atoms with van der Waals surface area (Å²) in [5.74, 6) is 1.14. The first-order valence-corrected chi connectivity index (χ1v) is 3.41. The molecule has 0 amide bonds. The van der Waals surface area contributed by atoms with Gasteiger partial charge < -0.3 is 10.2 Å². The third-order valence-corrected chi connectivity index (χ3v) is 2.47. The Labute approximate surface area is 53.8 Å². The first-order valence-electron chi connectivity index (χ1n) is 3.41. The van der Waals surface area contributed by atoms with Crippen molar-refractivity contribution < 1.29 is 10.2 Å². The van der Waals surface area contributed by atoms with E-state index in [1.165, 1.54) is 0 Å². The van der Waals surface area contributed by atoms with Gasteiger partial charge in [0.05, 0.1) is 0 Å². The molecule has 0 aromatic rings. The van der Waals surface area contributed by atoms with Gasteiger partial charge in [0.15, 0.2) is 0 Å². The Bertz CT molecular complexity index is 154. The summed E-state index contributed by atoms with van der Waals surface area (Å²) in [6.07, 6.45) is 3.12. The summed E-state index contributed by atoms with van der Waals surface area (Å²) in [5, 5.41) is 18.2. The minimum Gasteiger partial charge on any atom is -0.509 e. The molecule has 2 nitrogen and oxygen atoms in total. The fourth-order valence-corrected chi connectivity index (χ4v) is 1.90. The fourth-order valence-electron chi connectivity index (χ4n) is 1.90. The Morgan fingerprint density at radius 1 is 1.00 bits per heavy atom. The van der Waals surface area contributed by atoms with E-state index >= 15 is 0 Å². The Balaban J connectivity index is 2.36. The zero-order valence-corrected chi connectivity index (χ0v) is 5.17. The first-order chi connectivity index (χ1) is 4.29. The monoisotopic (exact) mass is 126 g/mol. The highest BCUT2D eigenvalue weighted by Crippen LogP contribution is 2.45. The van der Waals surface area contributed by atoms with E-state index in [2.05, 4.69) is 0 Å². The van der Waals surface area contributed by atoms with E-state index in [1.54, 1.807) is 0 Å². The zero-order chi connectivity index (χ0) is 6.43. The predicted molar refractivity (Wildman–Crippen MR) is 33.1 cm³/mol. The second-order valence-electron chi connectivity index (χ2n) is 2.98. The second-order valence-corrected chi connectivity index (χ2v) is 2.98. The van der Waals surface area contributed by atoms with Crippen LogP contribution in [0.5, 0.6) is 0 Å². The van der Waals surface area contributed by atoms with Crippen molar-refractivity contribution >= 4 is 0 Å². The number of hydrogen-bond acceptors (Lipinski definition) is 2. The molecule has 2 aliphatic carbocycles. The molecule has 2 N–H and O–H groups in total. The standard InChI is InChI=1S/C7H10O2/c8-6-4-1-2-5(3-4)7(6)9/h4-5,8-9H,1-3H2. The number of rotatable bonds is 0. The maximum atomic E-state index is 9.12. The lowest BCUT2D eigenvalue weighted by Gasteiger charge is -2.08. The normalized spacial score (nSPS) is 40.4. The van der Waals surface area contributed by atoms with E-state index in [4.69, 9.17) is 10.2 Å². The van der Waals surface area contributed by atoms with Gasteiger partial charge in [0, 0.05) is 11.8 Å². The summed E-state index contributed by atoms with van der Waals surface area (Å²) in [7, 11) is 0. The van der Waals surface area contributed by atoms with Gasteiger partial charge in [-0.15, -0.1) is 0 Å². The Morgan fingerprint density at radius 3 is 1.67 bits per heavy atom. The van der Waals surface area contributed by atoms with Crippen molar-refractivity contribution in [3.63, 3.8) is 0 Å². The summed E-state index contributed by atoms with van der Waals surface area (Å²) < 4.78 is 0. The molecule has 2 aliphatic rings. The van der Waals surface area contributed by atoms with Crippen LogP contribution in [0.15, 0.2) is 11.5 Å². The van der Waals surface area contributed by atoms with E-state index in [9.17, 15) is 0 Å². The molecule has 0 spiro atoms. The number of hydrogen-bond donors (Lipinski definition) is 2. The van der Waals surface area contributed by atoms with Gasteiger partial charge in [-0.3, -0.25) is 0 Å². The van der Waals surface area contributed by atoms with E-state index in [0.717, 1.165) is 19.3 Å². The molecule has 2 bridgehead atoms. The summed E-state index contributed by atoms with van der Waals surface area (Å²) in [4.78, 5) is 0. The molecule has 9 heavy (non-hydrogen) atoms. The molecule has 0 aliphatic heterocycles. The lowest BCUT2D eigenvalue weighted by molar-refractivity contribution is 0.269. The SMILES string of the molecule is OC1=C(O)C2CCC1C2. The summed E-state index contributed by atoms with van der Waals surface area (Å²) >= 11 is 0. The lowest BCUT2D eigenvalue weighted by atomic mass is 10.1. The molecular formula is C7H10O2. The molecule has 1 fully saturated rings. The van der Waals surface area contributed by atoms with Crippen LogP contribution < -0.4 is 0 Å². The van der Waals surface area contributed by atoms with Crippen molar-refractivity contribution in [3.8, 4) is 0 Å². The van der Waals surface area contributed by atoms with Gasteiger partial charge in [0.25, 0.3) is 0 Å². The molecule has 1 saturated carbocycles. The molecule has 0 saturated heterocycles. The smallest absolute Gasteiger partial charge is 0.133 e. The summed E-state index contributed by atoms with van der Waals surface area (Å²) in [6.45, 7) is 0. The van der Waals surface area contributed by atoms with Crippen LogP contribution >= 0.6 is 0 Å². The van der Waals surface area contributed by atoms with Gasteiger partial charge in [-0.2, -0.15) is 0 Å². The third kappa shape index (κ3) is 0.506. The van der Waals surface area contributed by atoms with Crippen LogP contribution in [0.1, 0.15) is 19.3 Å². The van der Waals surface area contributed by atoms with Gasteiger partial charge in [-0.1, -0.05) is 0 Å². The Hall–Kier alpha value is -0.660. The van der Waals surface area contributed by atoms with Crippen LogP contribution in [0, 0.1) is 11.8 Å². The van der Waals surface area contributed by atoms with Crippen LogP contribution in [-0.2, 0) is 0 Å². The molecule has 2 heteroatoms. The number of aliphatic hydroxyl groups excluding tert-OH is 2. The van der Waals surface area contributed by atoms with Crippen molar-refractivity contribution in [2.45, 2.75) is 19.3 Å². The summed E-state index contributed by atoms with van der Waals surface area (Å²) in [5.41, 5.74) is 0. The Morgan fingerprint density at radius 2 is 1.44 bits per heavy atom. The van der Waals surface area contributed by atoms with Gasteiger partial charge in [0.1, 0.15) is 11.5 Å². The molecule has 2 atom stereocenters. The highest BCUT2D eigenvalue weighted by molar-refractivity contribution is 5.17. The quantitative estimate of drug-likeness (QED) is 0.519. The predicted octanol–water partition coefficient (Wildman–Crippen LogP) is 1.74. The molecule has 50 valence electrons. The summed E-state index contributed by atoms with van der Waals surface area (Å²) in [6, 6.07) is 0. The van der Waals surface area contributed by atoms with E-state index in [1.807, 2.05) is 0 Å². The highest BCUT2D eigenvalue weighted by atomic mass is 16.3. The van der Waals surface area contributed by atoms with Crippen molar-refractivity contribution in [3.05, 3.63) is 11.5 Å². The molecule has 0 radical (unpaired) electrons. The van der Waals surface area contributed by atoms with Crippen molar-refractivity contribution in [2.75, 3.05) is 0 Å². The molecular weight excluding hydrogens is 116 g/mol. The highest BCUT2D eigenvalue weighted by Gasteiger charge is 2.39. The topological polar surface area (TPSA) is 40.5 Å². The average molecular weight is 126 g/mol. The van der Waals surface area contributed by atoms with Crippen LogP contribution in [0.3, 0.4) is 0 Å². The fraction of sp³-hybridized carbons (Fsp3) is 0.714. The van der Waals surface area contributed by atoms with Crippen molar-refractivity contribution in [1.82, 2.24) is 0 Å². The molecule has 2 rings (SSSR count). The van der Waals surface area contributed by atoms with Crippen LogP contribution in [0.2, 0.25) is 0 Å². The van der Waals surface area contributed by atoms with Crippen LogP contribution in [-0.4, -0.2) is 10.2 Å². The van der Waals surface area contributed by atoms with Gasteiger partial charge in [-0.05, 0) is 19.3 Å². The second kappa shape index (κ2) is 1.43. The molecule has 2 unspecified atom stereocenters. The van der Waals surface area contributed by atoms with E-state index in [-0.39, 0.29) is 11.5 Å². The minimum absolute atomic E-state index is 0.270. The van der Waals surface area contributed by atoms with Crippen LogP contribution in [0.4, 0.5) is 0 Å². The third-order valence-electron chi connectivity index (χ3n) is 2.47.